The van der Waals surface area contributed by atoms with E-state index in [1.807, 2.05) is 41.2 Å². The number of benzene rings is 1. The van der Waals surface area contributed by atoms with E-state index in [0.717, 1.165) is 24.8 Å². The summed E-state index contributed by atoms with van der Waals surface area (Å²) in [5.74, 6) is 1.76. The summed E-state index contributed by atoms with van der Waals surface area (Å²) in [6.45, 7) is 7.47. The Morgan fingerprint density at radius 2 is 1.88 bits per heavy atom. The minimum Gasteiger partial charge on any atom is -0.368 e. The Balaban J connectivity index is 1.49. The summed E-state index contributed by atoms with van der Waals surface area (Å²) < 4.78 is 1.85. The summed E-state index contributed by atoms with van der Waals surface area (Å²) in [6.07, 6.45) is 10.5. The smallest absolute Gasteiger partial charge is 0.242 e. The van der Waals surface area contributed by atoms with Gasteiger partial charge in [-0.1, -0.05) is 56.4 Å². The number of nitrogen functional groups attached to an aromatic ring is 1. The Labute approximate surface area is 194 Å². The van der Waals surface area contributed by atoms with Crippen LogP contribution in [0.2, 0.25) is 0 Å². The van der Waals surface area contributed by atoms with Crippen molar-refractivity contribution < 1.29 is 4.79 Å². The van der Waals surface area contributed by atoms with Crippen LogP contribution in [0.4, 0.5) is 17.5 Å². The molecule has 170 valence electrons. The van der Waals surface area contributed by atoms with Crippen LogP contribution in [0.3, 0.4) is 0 Å². The van der Waals surface area contributed by atoms with E-state index in [1.165, 1.54) is 19.3 Å². The lowest BCUT2D eigenvalue weighted by molar-refractivity contribution is -0.122. The van der Waals surface area contributed by atoms with Crippen molar-refractivity contribution in [3.63, 3.8) is 0 Å². The zero-order valence-corrected chi connectivity index (χ0v) is 18.6. The average Bonchev–Trinajstić information content (AvgIpc) is 3.38. The predicted molar refractivity (Wildman–Crippen MR) is 129 cm³/mol. The van der Waals surface area contributed by atoms with Gasteiger partial charge in [-0.15, -0.1) is 0 Å². The SMILES string of the molecule is [C-]#[N+]c1ccc(CNC(=O)C(CC2CCCCC2)Nc2cc(-n3cccc3)nc(N)n2)cc1. The maximum absolute atomic E-state index is 13.2. The van der Waals surface area contributed by atoms with Crippen LogP contribution in [-0.4, -0.2) is 26.5 Å². The van der Waals surface area contributed by atoms with Crippen LogP contribution in [0.1, 0.15) is 44.1 Å². The van der Waals surface area contributed by atoms with Crippen LogP contribution in [0, 0.1) is 12.5 Å². The number of anilines is 2. The lowest BCUT2D eigenvalue weighted by atomic mass is 9.84. The molecule has 1 aliphatic rings. The van der Waals surface area contributed by atoms with E-state index in [1.54, 1.807) is 18.2 Å². The van der Waals surface area contributed by atoms with E-state index in [9.17, 15) is 4.79 Å². The minimum absolute atomic E-state index is 0.0745. The van der Waals surface area contributed by atoms with Gasteiger partial charge in [0.15, 0.2) is 5.69 Å². The summed E-state index contributed by atoms with van der Waals surface area (Å²) in [6, 6.07) is 12.5. The molecule has 0 aliphatic heterocycles. The highest BCUT2D eigenvalue weighted by atomic mass is 16.2. The molecule has 0 saturated heterocycles. The number of hydrogen-bond donors (Lipinski definition) is 3. The summed E-state index contributed by atoms with van der Waals surface area (Å²) >= 11 is 0. The first-order valence-corrected chi connectivity index (χ1v) is 11.4. The molecule has 2 aromatic heterocycles. The Morgan fingerprint density at radius 1 is 1.15 bits per heavy atom. The van der Waals surface area contributed by atoms with E-state index in [4.69, 9.17) is 12.3 Å². The number of aromatic nitrogens is 3. The van der Waals surface area contributed by atoms with Crippen LogP contribution >= 0.6 is 0 Å². The fourth-order valence-corrected chi connectivity index (χ4v) is 4.31. The number of amides is 1. The van der Waals surface area contributed by atoms with E-state index in [0.29, 0.717) is 29.8 Å². The highest BCUT2D eigenvalue weighted by molar-refractivity contribution is 5.84. The van der Waals surface area contributed by atoms with Crippen LogP contribution in [0.25, 0.3) is 10.7 Å². The third-order valence-corrected chi connectivity index (χ3v) is 6.06. The van der Waals surface area contributed by atoms with Crippen molar-refractivity contribution >= 4 is 23.4 Å². The average molecular weight is 444 g/mol. The largest absolute Gasteiger partial charge is 0.368 e. The van der Waals surface area contributed by atoms with Gasteiger partial charge in [0.1, 0.15) is 17.7 Å². The fourth-order valence-electron chi connectivity index (χ4n) is 4.31. The number of carbonyl (C=O) groups excluding carboxylic acids is 1. The Morgan fingerprint density at radius 3 is 2.58 bits per heavy atom. The minimum atomic E-state index is -0.428. The fraction of sp³-hybridized carbons (Fsp3) is 0.360. The van der Waals surface area contributed by atoms with Gasteiger partial charge in [0.05, 0.1) is 6.57 Å². The van der Waals surface area contributed by atoms with Gasteiger partial charge < -0.3 is 20.9 Å². The highest BCUT2D eigenvalue weighted by Crippen LogP contribution is 2.28. The molecule has 1 amide bonds. The zero-order valence-electron chi connectivity index (χ0n) is 18.6. The number of rotatable bonds is 8. The van der Waals surface area contributed by atoms with E-state index in [2.05, 4.69) is 25.4 Å². The second-order valence-electron chi connectivity index (χ2n) is 8.49. The Kier molecular flexibility index (Phi) is 7.20. The Hall–Kier alpha value is -3.86. The lowest BCUT2D eigenvalue weighted by Gasteiger charge is -2.27. The predicted octanol–water partition coefficient (Wildman–Crippen LogP) is 4.47. The number of nitrogens with zero attached hydrogens (tertiary/aromatic N) is 4. The number of carbonyl (C=O) groups is 1. The van der Waals surface area contributed by atoms with Crippen molar-refractivity contribution in [3.8, 4) is 5.82 Å². The first-order valence-electron chi connectivity index (χ1n) is 11.4. The summed E-state index contributed by atoms with van der Waals surface area (Å²) in [7, 11) is 0. The first kappa shape index (κ1) is 22.3. The summed E-state index contributed by atoms with van der Waals surface area (Å²) in [4.78, 5) is 25.3. The number of nitrogens with one attached hydrogen (secondary N) is 2. The van der Waals surface area contributed by atoms with Gasteiger partial charge in [0.2, 0.25) is 11.9 Å². The molecule has 1 aromatic carbocycles. The van der Waals surface area contributed by atoms with Gasteiger partial charge in [-0.25, -0.2) is 4.85 Å². The van der Waals surface area contributed by atoms with Crippen molar-refractivity contribution in [3.05, 3.63) is 71.8 Å². The maximum Gasteiger partial charge on any atom is 0.242 e. The van der Waals surface area contributed by atoms with Crippen molar-refractivity contribution in [1.82, 2.24) is 19.9 Å². The summed E-state index contributed by atoms with van der Waals surface area (Å²) in [5.41, 5.74) is 7.50. The molecule has 1 fully saturated rings. The Bertz CT molecular complexity index is 1100. The normalized spacial score (nSPS) is 14.9. The molecule has 0 bridgehead atoms. The third-order valence-electron chi connectivity index (χ3n) is 6.06. The van der Waals surface area contributed by atoms with Crippen LogP contribution < -0.4 is 16.4 Å². The number of hydrogen-bond acceptors (Lipinski definition) is 5. The van der Waals surface area contributed by atoms with Crippen molar-refractivity contribution in [2.75, 3.05) is 11.1 Å². The summed E-state index contributed by atoms with van der Waals surface area (Å²) in [5, 5.41) is 6.37. The zero-order chi connectivity index (χ0) is 23.0. The highest BCUT2D eigenvalue weighted by Gasteiger charge is 2.25. The molecule has 8 nitrogen and oxygen atoms in total. The number of nitrogens with two attached hydrogens (primary N) is 1. The van der Waals surface area contributed by atoms with E-state index in [-0.39, 0.29) is 11.9 Å². The van der Waals surface area contributed by atoms with Crippen molar-refractivity contribution in [1.29, 1.82) is 0 Å². The molecule has 1 aliphatic carbocycles. The molecular weight excluding hydrogens is 414 g/mol. The molecule has 1 atom stereocenters. The topological polar surface area (TPSA) is 102 Å². The van der Waals surface area contributed by atoms with Gasteiger partial charge in [0.25, 0.3) is 0 Å². The second-order valence-corrected chi connectivity index (χ2v) is 8.49. The van der Waals surface area contributed by atoms with Crippen LogP contribution in [-0.2, 0) is 11.3 Å². The lowest BCUT2D eigenvalue weighted by Crippen LogP contribution is -2.41. The van der Waals surface area contributed by atoms with Gasteiger partial charge in [-0.2, -0.15) is 9.97 Å². The molecule has 0 radical (unpaired) electrons. The maximum atomic E-state index is 13.2. The molecule has 2 heterocycles. The second kappa shape index (κ2) is 10.6. The van der Waals surface area contributed by atoms with Crippen LogP contribution in [0.5, 0.6) is 0 Å². The van der Waals surface area contributed by atoms with Gasteiger partial charge >= 0.3 is 0 Å². The standard InChI is InChI=1S/C25H29N7O/c1-27-20-11-9-19(10-12-20)17-28-24(33)21(15-18-7-3-2-4-8-18)29-22-16-23(31-25(26)30-22)32-13-5-6-14-32/h5-6,9-14,16,18,21H,2-4,7-8,15,17H2,(H,28,33)(H3,26,29,30,31). The molecular formula is C25H29N7O. The molecule has 0 spiro atoms. The van der Waals surface area contributed by atoms with Crippen molar-refractivity contribution in [2.24, 2.45) is 5.92 Å². The third kappa shape index (κ3) is 6.10. The van der Waals surface area contributed by atoms with Gasteiger partial charge in [-0.3, -0.25) is 4.79 Å². The molecule has 3 aromatic rings. The molecule has 1 unspecified atom stereocenters. The molecule has 33 heavy (non-hydrogen) atoms. The van der Waals surface area contributed by atoms with E-state index < -0.39 is 6.04 Å². The van der Waals surface area contributed by atoms with Crippen molar-refractivity contribution in [2.45, 2.75) is 51.1 Å². The van der Waals surface area contributed by atoms with E-state index >= 15 is 0 Å². The van der Waals surface area contributed by atoms with Gasteiger partial charge in [0, 0.05) is 25.0 Å². The molecule has 4 rings (SSSR count). The quantitative estimate of drug-likeness (QED) is 0.446. The van der Waals surface area contributed by atoms with Gasteiger partial charge in [-0.05, 0) is 30.0 Å². The van der Waals surface area contributed by atoms with Crippen LogP contribution in [0.15, 0.2) is 54.9 Å². The monoisotopic (exact) mass is 443 g/mol. The molecule has 8 heteroatoms. The first-order chi connectivity index (χ1) is 16.1. The molecule has 4 N–H and O–H groups in total. The molecule has 1 saturated carbocycles.